The van der Waals surface area contributed by atoms with Crippen LogP contribution in [-0.2, 0) is 0 Å². The largest absolute Gasteiger partial charge is 0.311 e. The minimum absolute atomic E-state index is 0.0243. The van der Waals surface area contributed by atoms with E-state index in [9.17, 15) is 4.39 Å². The van der Waals surface area contributed by atoms with Gasteiger partial charge in [-0.1, -0.05) is 18.2 Å². The third-order valence-corrected chi connectivity index (χ3v) is 3.82. The van der Waals surface area contributed by atoms with Gasteiger partial charge in [0.25, 0.3) is 0 Å². The smallest absolute Gasteiger partial charge is 0.126 e. The van der Waals surface area contributed by atoms with E-state index < -0.39 is 0 Å². The highest BCUT2D eigenvalue weighted by molar-refractivity contribution is 5.23. The highest BCUT2D eigenvalue weighted by atomic mass is 19.1. The van der Waals surface area contributed by atoms with Gasteiger partial charge >= 0.3 is 0 Å². The number of fused-ring (bicyclic) bond motifs is 2. The van der Waals surface area contributed by atoms with Crippen molar-refractivity contribution in [2.75, 3.05) is 0 Å². The molecular formula is C13H16FN. The molecule has 2 saturated heterocycles. The van der Waals surface area contributed by atoms with Crippen LogP contribution in [0.1, 0.15) is 37.2 Å². The van der Waals surface area contributed by atoms with Crippen LogP contribution < -0.4 is 5.32 Å². The predicted octanol–water partition coefficient (Wildman–Crippen LogP) is 2.82. The SMILES string of the molecule is Fc1ccccc1C1C[C@H]2CC[C@@H](C1)N2. The first-order valence-corrected chi connectivity index (χ1v) is 5.83. The fraction of sp³-hybridized carbons (Fsp3) is 0.538. The Balaban J connectivity index is 1.86. The van der Waals surface area contributed by atoms with Crippen molar-refractivity contribution in [1.29, 1.82) is 0 Å². The number of benzene rings is 1. The molecule has 0 amide bonds. The van der Waals surface area contributed by atoms with E-state index in [0.717, 1.165) is 18.4 Å². The van der Waals surface area contributed by atoms with E-state index in [1.54, 1.807) is 12.1 Å². The number of hydrogen-bond acceptors (Lipinski definition) is 1. The first kappa shape index (κ1) is 9.34. The molecule has 0 spiro atoms. The predicted molar refractivity (Wildman–Crippen MR) is 58.3 cm³/mol. The third-order valence-electron chi connectivity index (χ3n) is 3.82. The Bertz CT molecular complexity index is 351. The Hall–Kier alpha value is -0.890. The van der Waals surface area contributed by atoms with Gasteiger partial charge in [-0.15, -0.1) is 0 Å². The van der Waals surface area contributed by atoms with Crippen molar-refractivity contribution >= 4 is 0 Å². The zero-order valence-corrected chi connectivity index (χ0v) is 8.75. The van der Waals surface area contributed by atoms with Gasteiger partial charge in [0.2, 0.25) is 0 Å². The molecule has 0 aliphatic carbocycles. The molecule has 2 fully saturated rings. The van der Waals surface area contributed by atoms with Crippen molar-refractivity contribution in [3.63, 3.8) is 0 Å². The molecule has 15 heavy (non-hydrogen) atoms. The quantitative estimate of drug-likeness (QED) is 0.743. The first-order valence-electron chi connectivity index (χ1n) is 5.83. The molecule has 2 aliphatic heterocycles. The maximum absolute atomic E-state index is 13.6. The van der Waals surface area contributed by atoms with Gasteiger partial charge in [0.05, 0.1) is 0 Å². The van der Waals surface area contributed by atoms with Crippen LogP contribution in [0.25, 0.3) is 0 Å². The van der Waals surface area contributed by atoms with Crippen molar-refractivity contribution in [2.24, 2.45) is 0 Å². The summed E-state index contributed by atoms with van der Waals surface area (Å²) in [6, 6.07) is 8.52. The van der Waals surface area contributed by atoms with Crippen LogP contribution in [-0.4, -0.2) is 12.1 Å². The Morgan fingerprint density at radius 1 is 1.07 bits per heavy atom. The van der Waals surface area contributed by atoms with Crippen molar-refractivity contribution < 1.29 is 4.39 Å². The molecule has 1 N–H and O–H groups in total. The van der Waals surface area contributed by atoms with Gasteiger partial charge in [-0.2, -0.15) is 0 Å². The lowest BCUT2D eigenvalue weighted by atomic mass is 9.86. The van der Waals surface area contributed by atoms with E-state index in [1.807, 2.05) is 12.1 Å². The Morgan fingerprint density at radius 3 is 2.40 bits per heavy atom. The molecule has 0 aromatic heterocycles. The van der Waals surface area contributed by atoms with Gasteiger partial charge in [-0.3, -0.25) is 0 Å². The lowest BCUT2D eigenvalue weighted by Gasteiger charge is -2.29. The Kier molecular flexibility index (Phi) is 2.24. The van der Waals surface area contributed by atoms with Crippen LogP contribution in [0.4, 0.5) is 4.39 Å². The molecular weight excluding hydrogens is 189 g/mol. The van der Waals surface area contributed by atoms with Crippen molar-refractivity contribution in [3.8, 4) is 0 Å². The molecule has 2 bridgehead atoms. The van der Waals surface area contributed by atoms with Gasteiger partial charge in [0, 0.05) is 12.1 Å². The average Bonchev–Trinajstić information content (AvgIpc) is 2.58. The van der Waals surface area contributed by atoms with Gasteiger partial charge in [0.15, 0.2) is 0 Å². The van der Waals surface area contributed by atoms with Crippen LogP contribution in [0.3, 0.4) is 0 Å². The fourth-order valence-corrected chi connectivity index (χ4v) is 3.12. The average molecular weight is 205 g/mol. The monoisotopic (exact) mass is 205 g/mol. The molecule has 80 valence electrons. The number of rotatable bonds is 1. The molecule has 2 aliphatic rings. The third kappa shape index (κ3) is 1.67. The molecule has 1 aromatic rings. The first-order chi connectivity index (χ1) is 7.33. The van der Waals surface area contributed by atoms with Crippen molar-refractivity contribution in [3.05, 3.63) is 35.6 Å². The lowest BCUT2D eigenvalue weighted by Crippen LogP contribution is -2.37. The molecule has 2 heterocycles. The second-order valence-corrected chi connectivity index (χ2v) is 4.83. The zero-order chi connectivity index (χ0) is 10.3. The minimum Gasteiger partial charge on any atom is -0.311 e. The molecule has 1 unspecified atom stereocenters. The molecule has 1 aromatic carbocycles. The summed E-state index contributed by atoms with van der Waals surface area (Å²) in [7, 11) is 0. The summed E-state index contributed by atoms with van der Waals surface area (Å²) >= 11 is 0. The summed E-state index contributed by atoms with van der Waals surface area (Å²) in [6.45, 7) is 0. The van der Waals surface area contributed by atoms with E-state index in [4.69, 9.17) is 0 Å². The van der Waals surface area contributed by atoms with E-state index in [2.05, 4.69) is 5.32 Å². The zero-order valence-electron chi connectivity index (χ0n) is 8.75. The normalized spacial score (nSPS) is 34.3. The van der Waals surface area contributed by atoms with Gasteiger partial charge in [-0.05, 0) is 43.2 Å². The van der Waals surface area contributed by atoms with Crippen LogP contribution in [0.5, 0.6) is 0 Å². The molecule has 3 rings (SSSR count). The summed E-state index contributed by atoms with van der Waals surface area (Å²) in [4.78, 5) is 0. The van der Waals surface area contributed by atoms with Crippen molar-refractivity contribution in [2.45, 2.75) is 43.7 Å². The molecule has 3 atom stereocenters. The highest BCUT2D eigenvalue weighted by Crippen LogP contribution is 2.37. The number of hydrogen-bond donors (Lipinski definition) is 1. The van der Waals surface area contributed by atoms with Gasteiger partial charge in [-0.25, -0.2) is 4.39 Å². The second kappa shape index (κ2) is 3.60. The maximum Gasteiger partial charge on any atom is 0.126 e. The standard InChI is InChI=1S/C13H16FN/c14-13-4-2-1-3-12(13)9-7-10-5-6-11(8-9)15-10/h1-4,9-11,15H,5-8H2/t9?,10-,11+. The van der Waals surface area contributed by atoms with E-state index in [-0.39, 0.29) is 5.82 Å². The lowest BCUT2D eigenvalue weighted by molar-refractivity contribution is 0.356. The van der Waals surface area contributed by atoms with Crippen LogP contribution >= 0.6 is 0 Å². The fourth-order valence-electron chi connectivity index (χ4n) is 3.12. The van der Waals surface area contributed by atoms with Gasteiger partial charge < -0.3 is 5.32 Å². The van der Waals surface area contributed by atoms with Crippen LogP contribution in [0.2, 0.25) is 0 Å². The summed E-state index contributed by atoms with van der Waals surface area (Å²) in [5, 5.41) is 3.59. The molecule has 1 nitrogen and oxygen atoms in total. The number of nitrogens with one attached hydrogen (secondary N) is 1. The molecule has 2 heteroatoms. The number of piperidine rings is 1. The summed E-state index contributed by atoms with van der Waals surface area (Å²) in [6.07, 6.45) is 4.76. The highest BCUT2D eigenvalue weighted by Gasteiger charge is 2.34. The topological polar surface area (TPSA) is 12.0 Å². The van der Waals surface area contributed by atoms with Crippen LogP contribution in [0.15, 0.2) is 24.3 Å². The summed E-state index contributed by atoms with van der Waals surface area (Å²) in [5.41, 5.74) is 0.927. The van der Waals surface area contributed by atoms with Crippen molar-refractivity contribution in [1.82, 2.24) is 5.32 Å². The van der Waals surface area contributed by atoms with Gasteiger partial charge in [0.1, 0.15) is 5.82 Å². The molecule has 0 radical (unpaired) electrons. The summed E-state index contributed by atoms with van der Waals surface area (Å²) in [5.74, 6) is 0.411. The van der Waals surface area contributed by atoms with E-state index in [1.165, 1.54) is 12.8 Å². The summed E-state index contributed by atoms with van der Waals surface area (Å²) < 4.78 is 13.6. The van der Waals surface area contributed by atoms with E-state index >= 15 is 0 Å². The Morgan fingerprint density at radius 2 is 1.73 bits per heavy atom. The van der Waals surface area contributed by atoms with Crippen LogP contribution in [0, 0.1) is 5.82 Å². The van der Waals surface area contributed by atoms with E-state index in [0.29, 0.717) is 18.0 Å². The maximum atomic E-state index is 13.6. The Labute approximate surface area is 89.7 Å². The molecule has 0 saturated carbocycles. The minimum atomic E-state index is -0.0243. The second-order valence-electron chi connectivity index (χ2n) is 4.83. The number of halogens is 1.